The number of rotatable bonds is 2. The number of hydrogen-bond donors (Lipinski definition) is 1. The lowest BCUT2D eigenvalue weighted by Gasteiger charge is -2.00. The van der Waals surface area contributed by atoms with Crippen molar-refractivity contribution in [2.75, 3.05) is 5.73 Å². The highest BCUT2D eigenvalue weighted by molar-refractivity contribution is 5.73. The van der Waals surface area contributed by atoms with Crippen LogP contribution in [0.2, 0.25) is 0 Å². The minimum Gasteiger partial charge on any atom is -0.382 e. The number of hydrogen-bond acceptors (Lipinski definition) is 5. The number of halogens is 1. The second kappa shape index (κ2) is 5.02. The summed E-state index contributed by atoms with van der Waals surface area (Å²) >= 11 is 0. The third-order valence-corrected chi connectivity index (χ3v) is 2.90. The zero-order valence-corrected chi connectivity index (χ0v) is 10.7. The molecular weight excluding hydrogens is 271 g/mol. The van der Waals surface area contributed by atoms with Gasteiger partial charge in [0.25, 0.3) is 5.95 Å². The molecule has 1 aromatic carbocycles. The molecule has 3 rings (SSSR count). The number of benzene rings is 1. The molecule has 21 heavy (non-hydrogen) atoms. The summed E-state index contributed by atoms with van der Waals surface area (Å²) in [6.07, 6.45) is 3.05. The number of nitrogens with zero attached hydrogens (tertiary/aromatic N) is 5. The van der Waals surface area contributed by atoms with E-state index in [0.29, 0.717) is 0 Å². The van der Waals surface area contributed by atoms with Crippen molar-refractivity contribution in [1.29, 1.82) is 5.26 Å². The lowest BCUT2D eigenvalue weighted by atomic mass is 10.1. The average molecular weight is 280 g/mol. The molecule has 0 aliphatic carbocycles. The van der Waals surface area contributed by atoms with Crippen molar-refractivity contribution >= 4 is 5.82 Å². The summed E-state index contributed by atoms with van der Waals surface area (Å²) < 4.78 is 15.1. The van der Waals surface area contributed by atoms with Gasteiger partial charge in [-0.2, -0.15) is 15.0 Å². The van der Waals surface area contributed by atoms with Crippen LogP contribution in [0.4, 0.5) is 10.2 Å². The molecule has 0 spiro atoms. The molecule has 0 radical (unpaired) electrons. The minimum atomic E-state index is -0.479. The summed E-state index contributed by atoms with van der Waals surface area (Å²) in [5.41, 5.74) is 6.37. The van der Waals surface area contributed by atoms with Gasteiger partial charge in [-0.1, -0.05) is 12.1 Å². The van der Waals surface area contributed by atoms with E-state index in [1.54, 1.807) is 18.2 Å². The predicted molar refractivity (Wildman–Crippen MR) is 73.7 cm³/mol. The van der Waals surface area contributed by atoms with E-state index >= 15 is 0 Å². The quantitative estimate of drug-likeness (QED) is 0.774. The zero-order chi connectivity index (χ0) is 14.8. The van der Waals surface area contributed by atoms with Gasteiger partial charge >= 0.3 is 0 Å². The highest BCUT2D eigenvalue weighted by atomic mass is 19.1. The Labute approximate surface area is 119 Å². The molecule has 2 heterocycles. The Hall–Kier alpha value is -3.27. The van der Waals surface area contributed by atoms with Crippen LogP contribution in [0.15, 0.2) is 42.7 Å². The molecule has 102 valence electrons. The van der Waals surface area contributed by atoms with Gasteiger partial charge < -0.3 is 5.73 Å². The molecule has 6 nitrogen and oxygen atoms in total. The zero-order valence-electron chi connectivity index (χ0n) is 10.7. The van der Waals surface area contributed by atoms with Crippen LogP contribution in [-0.2, 0) is 0 Å². The van der Waals surface area contributed by atoms with E-state index in [9.17, 15) is 9.65 Å². The van der Waals surface area contributed by atoms with Crippen molar-refractivity contribution in [1.82, 2.24) is 19.7 Å². The van der Waals surface area contributed by atoms with Crippen molar-refractivity contribution in [2.24, 2.45) is 0 Å². The molecule has 0 aliphatic heterocycles. The fourth-order valence-corrected chi connectivity index (χ4v) is 1.94. The SMILES string of the molecule is N#Cc1c(-c2ccccc2F)nn(-c2ncccn2)c1N. The van der Waals surface area contributed by atoms with Crippen LogP contribution in [0.25, 0.3) is 17.2 Å². The summed E-state index contributed by atoms with van der Waals surface area (Å²) in [6.45, 7) is 0. The Balaban J connectivity index is 2.25. The van der Waals surface area contributed by atoms with Gasteiger partial charge in [0.05, 0.1) is 0 Å². The first-order valence-electron chi connectivity index (χ1n) is 6.03. The number of nitriles is 1. The van der Waals surface area contributed by atoms with E-state index in [2.05, 4.69) is 15.1 Å². The molecule has 2 N–H and O–H groups in total. The van der Waals surface area contributed by atoms with Gasteiger partial charge in [-0.05, 0) is 18.2 Å². The van der Waals surface area contributed by atoms with Crippen molar-refractivity contribution in [3.05, 3.63) is 54.1 Å². The largest absolute Gasteiger partial charge is 0.382 e. The smallest absolute Gasteiger partial charge is 0.252 e. The Morgan fingerprint density at radius 1 is 1.14 bits per heavy atom. The second-order valence-corrected chi connectivity index (χ2v) is 4.16. The summed E-state index contributed by atoms with van der Waals surface area (Å²) in [6, 6.07) is 9.65. The second-order valence-electron chi connectivity index (χ2n) is 4.16. The van der Waals surface area contributed by atoms with Gasteiger partial charge in [0.1, 0.15) is 29.0 Å². The monoisotopic (exact) mass is 280 g/mol. The van der Waals surface area contributed by atoms with E-state index in [4.69, 9.17) is 5.73 Å². The van der Waals surface area contributed by atoms with Crippen molar-refractivity contribution in [3.63, 3.8) is 0 Å². The molecule has 0 saturated heterocycles. The van der Waals surface area contributed by atoms with Crippen LogP contribution in [-0.4, -0.2) is 19.7 Å². The first kappa shape index (κ1) is 12.7. The minimum absolute atomic E-state index is 0.0713. The van der Waals surface area contributed by atoms with Gasteiger partial charge in [-0.3, -0.25) is 0 Å². The predicted octanol–water partition coefficient (Wildman–Crippen LogP) is 1.92. The maximum Gasteiger partial charge on any atom is 0.252 e. The molecule has 0 atom stereocenters. The fourth-order valence-electron chi connectivity index (χ4n) is 1.94. The van der Waals surface area contributed by atoms with Gasteiger partial charge in [-0.25, -0.2) is 14.4 Å². The third kappa shape index (κ3) is 2.08. The topological polar surface area (TPSA) is 93.4 Å². The highest BCUT2D eigenvalue weighted by Crippen LogP contribution is 2.29. The van der Waals surface area contributed by atoms with Crippen LogP contribution in [0, 0.1) is 17.1 Å². The molecule has 2 aromatic heterocycles. The van der Waals surface area contributed by atoms with E-state index in [-0.39, 0.29) is 28.6 Å². The third-order valence-electron chi connectivity index (χ3n) is 2.90. The first-order valence-corrected chi connectivity index (χ1v) is 6.03. The Morgan fingerprint density at radius 2 is 1.86 bits per heavy atom. The summed E-state index contributed by atoms with van der Waals surface area (Å²) in [4.78, 5) is 8.04. The maximum absolute atomic E-state index is 13.9. The van der Waals surface area contributed by atoms with Crippen molar-refractivity contribution in [2.45, 2.75) is 0 Å². The van der Waals surface area contributed by atoms with E-state index in [1.165, 1.54) is 29.2 Å². The number of aromatic nitrogens is 4. The van der Waals surface area contributed by atoms with Crippen molar-refractivity contribution in [3.8, 4) is 23.3 Å². The maximum atomic E-state index is 13.9. The van der Waals surface area contributed by atoms with Crippen LogP contribution in [0.5, 0.6) is 0 Å². The summed E-state index contributed by atoms with van der Waals surface area (Å²) in [5.74, 6) is -0.191. The van der Waals surface area contributed by atoms with Crippen LogP contribution >= 0.6 is 0 Å². The molecule has 3 aromatic rings. The van der Waals surface area contributed by atoms with Gasteiger partial charge in [-0.15, -0.1) is 0 Å². The van der Waals surface area contributed by atoms with Crippen LogP contribution in [0.3, 0.4) is 0 Å². The van der Waals surface area contributed by atoms with E-state index in [1.807, 2.05) is 6.07 Å². The van der Waals surface area contributed by atoms with Crippen LogP contribution < -0.4 is 5.73 Å². The fraction of sp³-hybridized carbons (Fsp3) is 0. The molecule has 0 unspecified atom stereocenters. The molecule has 0 aliphatic rings. The average Bonchev–Trinajstić information content (AvgIpc) is 2.85. The van der Waals surface area contributed by atoms with Gasteiger partial charge in [0.15, 0.2) is 0 Å². The van der Waals surface area contributed by atoms with Crippen LogP contribution in [0.1, 0.15) is 5.56 Å². The van der Waals surface area contributed by atoms with Gasteiger partial charge in [0.2, 0.25) is 0 Å². The molecular formula is C14H9FN6. The number of nitrogens with two attached hydrogens (primary N) is 1. The van der Waals surface area contributed by atoms with E-state index < -0.39 is 5.82 Å². The lowest BCUT2D eigenvalue weighted by Crippen LogP contribution is -2.06. The van der Waals surface area contributed by atoms with Gasteiger partial charge in [0, 0.05) is 18.0 Å². The molecule has 0 fully saturated rings. The standard InChI is InChI=1S/C14H9FN6/c15-11-5-2-1-4-9(11)12-10(8-16)13(17)21(20-12)14-18-6-3-7-19-14/h1-7H,17H2. The molecule has 0 saturated carbocycles. The molecule has 0 bridgehead atoms. The molecule has 7 heteroatoms. The number of anilines is 1. The number of nitrogen functional groups attached to an aromatic ring is 1. The Kier molecular flexibility index (Phi) is 3.04. The lowest BCUT2D eigenvalue weighted by molar-refractivity contribution is 0.630. The van der Waals surface area contributed by atoms with E-state index in [0.717, 1.165) is 0 Å². The summed E-state index contributed by atoms with van der Waals surface area (Å²) in [7, 11) is 0. The van der Waals surface area contributed by atoms with Crippen molar-refractivity contribution < 1.29 is 4.39 Å². The Morgan fingerprint density at radius 3 is 2.52 bits per heavy atom. The normalized spacial score (nSPS) is 10.3. The Bertz CT molecular complexity index is 834. The molecule has 0 amide bonds. The first-order chi connectivity index (χ1) is 10.2. The summed E-state index contributed by atoms with van der Waals surface area (Å²) in [5, 5.41) is 13.5. The highest BCUT2D eigenvalue weighted by Gasteiger charge is 2.20.